The van der Waals surface area contributed by atoms with Crippen LogP contribution in [0.3, 0.4) is 0 Å². The summed E-state index contributed by atoms with van der Waals surface area (Å²) < 4.78 is 0. The molecule has 0 atom stereocenters. The Morgan fingerprint density at radius 2 is 2.04 bits per heavy atom. The van der Waals surface area contributed by atoms with Crippen molar-refractivity contribution in [3.05, 3.63) is 41.5 Å². The Bertz CT molecular complexity index is 964. The van der Waals surface area contributed by atoms with E-state index < -0.39 is 5.41 Å². The largest absolute Gasteiger partial charge is 0.369 e. The zero-order valence-corrected chi connectivity index (χ0v) is 16.4. The number of benzene rings is 1. The van der Waals surface area contributed by atoms with Gasteiger partial charge in [0.25, 0.3) is 0 Å². The van der Waals surface area contributed by atoms with Crippen LogP contribution in [0.1, 0.15) is 12.7 Å². The van der Waals surface area contributed by atoms with Gasteiger partial charge in [-0.25, -0.2) is 9.97 Å². The Hall–Kier alpha value is -2.12. The number of nitrogens with zero attached hydrogens (tertiary/aromatic N) is 3. The lowest BCUT2D eigenvalue weighted by molar-refractivity contribution is -0.128. The van der Waals surface area contributed by atoms with Gasteiger partial charge in [0.05, 0.1) is 16.6 Å². The number of primary amides is 1. The molecule has 2 aromatic heterocycles. The van der Waals surface area contributed by atoms with Crippen molar-refractivity contribution in [3.8, 4) is 11.1 Å². The molecule has 0 spiro atoms. The van der Waals surface area contributed by atoms with Crippen molar-refractivity contribution in [1.29, 1.82) is 0 Å². The number of thioether (sulfide) groups is 1. The first-order valence-electron chi connectivity index (χ1n) is 8.39. The highest BCUT2D eigenvalue weighted by Gasteiger charge is 2.45. The number of hydrogen-bond donors (Lipinski definition) is 1. The zero-order valence-electron chi connectivity index (χ0n) is 14.7. The van der Waals surface area contributed by atoms with E-state index in [4.69, 9.17) is 15.7 Å². The lowest BCUT2D eigenvalue weighted by Crippen LogP contribution is -2.61. The smallest absolute Gasteiger partial charge is 0.226 e. The van der Waals surface area contributed by atoms with E-state index in [9.17, 15) is 4.79 Å². The Labute approximate surface area is 160 Å². The van der Waals surface area contributed by atoms with Crippen LogP contribution in [-0.4, -0.2) is 35.2 Å². The van der Waals surface area contributed by atoms with E-state index in [1.54, 1.807) is 23.1 Å². The summed E-state index contributed by atoms with van der Waals surface area (Å²) in [6, 6.07) is 10.3. The van der Waals surface area contributed by atoms with Crippen molar-refractivity contribution in [2.24, 2.45) is 11.1 Å². The molecule has 134 valence electrons. The predicted octanol–water partition coefficient (Wildman–Crippen LogP) is 3.53. The molecule has 3 aromatic rings. The first-order chi connectivity index (χ1) is 12.5. The van der Waals surface area contributed by atoms with E-state index in [0.29, 0.717) is 13.1 Å². The number of aromatic nitrogens is 2. The van der Waals surface area contributed by atoms with Crippen LogP contribution in [0, 0.1) is 5.41 Å². The number of anilines is 1. The van der Waals surface area contributed by atoms with Crippen LogP contribution in [0.4, 0.5) is 5.82 Å². The van der Waals surface area contributed by atoms with E-state index in [0.717, 1.165) is 38.7 Å². The monoisotopic (exact) mass is 384 g/mol. The number of carbonyl (C=O) groups excluding carboxylic acids is 1. The minimum absolute atomic E-state index is 0.253. The average molecular weight is 385 g/mol. The van der Waals surface area contributed by atoms with E-state index >= 15 is 0 Å². The summed E-state index contributed by atoms with van der Waals surface area (Å²) in [5.74, 6) is 2.26. The summed E-state index contributed by atoms with van der Waals surface area (Å²) in [6.07, 6.45) is 2.05. The molecule has 1 aliphatic rings. The summed E-state index contributed by atoms with van der Waals surface area (Å²) in [5.41, 5.74) is 7.37. The van der Waals surface area contributed by atoms with Crippen LogP contribution in [0.25, 0.3) is 21.3 Å². The van der Waals surface area contributed by atoms with E-state index in [-0.39, 0.29) is 5.91 Å². The third-order valence-electron chi connectivity index (χ3n) is 4.79. The minimum atomic E-state index is -0.486. The molecule has 0 aliphatic carbocycles. The van der Waals surface area contributed by atoms with E-state index in [1.165, 1.54) is 0 Å². The number of thiophene rings is 1. The molecule has 0 saturated carbocycles. The van der Waals surface area contributed by atoms with Crippen molar-refractivity contribution in [3.63, 3.8) is 0 Å². The maximum Gasteiger partial charge on any atom is 0.226 e. The van der Waals surface area contributed by atoms with Crippen LogP contribution in [-0.2, 0) is 10.5 Å². The van der Waals surface area contributed by atoms with Crippen molar-refractivity contribution in [2.75, 3.05) is 24.2 Å². The summed E-state index contributed by atoms with van der Waals surface area (Å²) >= 11 is 3.35. The number of fused-ring (bicyclic) bond motifs is 1. The molecule has 1 aromatic carbocycles. The Kier molecular flexibility index (Phi) is 4.36. The maximum absolute atomic E-state index is 11.7. The molecule has 5 nitrogen and oxygen atoms in total. The lowest BCUT2D eigenvalue weighted by Gasteiger charge is -2.46. The Morgan fingerprint density at radius 3 is 2.69 bits per heavy atom. The Balaban J connectivity index is 1.84. The van der Waals surface area contributed by atoms with Crippen molar-refractivity contribution < 1.29 is 4.79 Å². The normalized spacial score (nSPS) is 15.8. The van der Waals surface area contributed by atoms with Gasteiger partial charge in [0.2, 0.25) is 5.91 Å². The highest BCUT2D eigenvalue weighted by Crippen LogP contribution is 2.42. The molecular formula is C19H20N4OS2. The summed E-state index contributed by atoms with van der Waals surface area (Å²) in [4.78, 5) is 24.5. The molecular weight excluding hydrogens is 364 g/mol. The summed E-state index contributed by atoms with van der Waals surface area (Å²) in [5, 5.41) is 3.21. The summed E-state index contributed by atoms with van der Waals surface area (Å²) in [7, 11) is 0. The molecule has 26 heavy (non-hydrogen) atoms. The average Bonchev–Trinajstić information content (AvgIpc) is 3.03. The fourth-order valence-corrected chi connectivity index (χ4v) is 4.67. The van der Waals surface area contributed by atoms with Crippen LogP contribution < -0.4 is 10.6 Å². The Morgan fingerprint density at radius 1 is 1.31 bits per heavy atom. The third-order valence-corrected chi connectivity index (χ3v) is 6.21. The standard InChI is InChI=1S/C19H20N4OS2/c1-19(18(20)24)10-23(11-19)16-15-13(12-6-4-3-5-7-12)8-26-17(15)22-14(21-16)9-25-2/h3-8H,9-11H2,1-2H3,(H2,20,24). The highest BCUT2D eigenvalue weighted by atomic mass is 32.2. The second-order valence-electron chi connectivity index (χ2n) is 6.87. The van der Waals surface area contributed by atoms with Crippen molar-refractivity contribution >= 4 is 45.0 Å². The maximum atomic E-state index is 11.7. The van der Waals surface area contributed by atoms with Crippen molar-refractivity contribution in [1.82, 2.24) is 9.97 Å². The quantitative estimate of drug-likeness (QED) is 0.728. The van der Waals surface area contributed by atoms with Gasteiger partial charge in [0.15, 0.2) is 0 Å². The number of carbonyl (C=O) groups is 1. The predicted molar refractivity (Wildman–Crippen MR) is 110 cm³/mol. The van der Waals surface area contributed by atoms with Crippen LogP contribution in [0.15, 0.2) is 35.7 Å². The van der Waals surface area contributed by atoms with Gasteiger partial charge in [-0.15, -0.1) is 11.3 Å². The molecule has 1 amide bonds. The molecule has 2 N–H and O–H groups in total. The molecule has 7 heteroatoms. The number of rotatable bonds is 5. The second kappa shape index (κ2) is 6.55. The number of nitrogens with two attached hydrogens (primary N) is 1. The molecule has 3 heterocycles. The van der Waals surface area contributed by atoms with Gasteiger partial charge < -0.3 is 10.6 Å². The lowest BCUT2D eigenvalue weighted by atomic mass is 9.81. The molecule has 0 radical (unpaired) electrons. The number of amides is 1. The van der Waals surface area contributed by atoms with Gasteiger partial charge in [0.1, 0.15) is 16.5 Å². The topological polar surface area (TPSA) is 72.1 Å². The fraction of sp³-hybridized carbons (Fsp3) is 0.316. The second-order valence-corrected chi connectivity index (χ2v) is 8.60. The van der Waals surface area contributed by atoms with Gasteiger partial charge in [-0.2, -0.15) is 11.8 Å². The molecule has 1 saturated heterocycles. The first-order valence-corrected chi connectivity index (χ1v) is 10.7. The number of hydrogen-bond acceptors (Lipinski definition) is 6. The van der Waals surface area contributed by atoms with Crippen molar-refractivity contribution in [2.45, 2.75) is 12.7 Å². The van der Waals surface area contributed by atoms with E-state index in [2.05, 4.69) is 22.4 Å². The summed E-state index contributed by atoms with van der Waals surface area (Å²) in [6.45, 7) is 3.10. The fourth-order valence-electron chi connectivity index (χ4n) is 3.32. The zero-order chi connectivity index (χ0) is 18.3. The first kappa shape index (κ1) is 17.3. The molecule has 0 unspecified atom stereocenters. The van der Waals surface area contributed by atoms with Crippen LogP contribution in [0.5, 0.6) is 0 Å². The molecule has 4 rings (SSSR count). The molecule has 0 bridgehead atoms. The van der Waals surface area contributed by atoms with Gasteiger partial charge in [-0.05, 0) is 18.7 Å². The van der Waals surface area contributed by atoms with Crippen LogP contribution in [0.2, 0.25) is 0 Å². The SMILES string of the molecule is CSCc1nc(N2CC(C)(C(N)=O)C2)c2c(-c3ccccc3)csc2n1. The molecule has 1 aliphatic heterocycles. The van der Waals surface area contributed by atoms with Gasteiger partial charge in [-0.3, -0.25) is 4.79 Å². The highest BCUT2D eigenvalue weighted by molar-refractivity contribution is 7.97. The molecule has 1 fully saturated rings. The van der Waals surface area contributed by atoms with Crippen LogP contribution >= 0.6 is 23.1 Å². The minimum Gasteiger partial charge on any atom is -0.369 e. The third kappa shape index (κ3) is 2.85. The van der Waals surface area contributed by atoms with Gasteiger partial charge in [-0.1, -0.05) is 30.3 Å². The van der Waals surface area contributed by atoms with Gasteiger partial charge >= 0.3 is 0 Å². The van der Waals surface area contributed by atoms with E-state index in [1.807, 2.05) is 31.4 Å². The van der Waals surface area contributed by atoms with Gasteiger partial charge in [0, 0.05) is 24.0 Å².